The third-order valence-corrected chi connectivity index (χ3v) is 3.64. The summed E-state index contributed by atoms with van der Waals surface area (Å²) in [4.78, 5) is 11.6. The summed E-state index contributed by atoms with van der Waals surface area (Å²) >= 11 is 0. The van der Waals surface area contributed by atoms with Crippen molar-refractivity contribution in [1.82, 2.24) is 5.32 Å². The summed E-state index contributed by atoms with van der Waals surface area (Å²) in [5.41, 5.74) is 0.526. The van der Waals surface area contributed by atoms with Gasteiger partial charge >= 0.3 is 6.18 Å². The van der Waals surface area contributed by atoms with Crippen LogP contribution in [0.1, 0.15) is 29.3 Å². The molecule has 1 rings (SSSR count). The van der Waals surface area contributed by atoms with Gasteiger partial charge in [-0.15, -0.1) is 0 Å². The minimum atomic E-state index is -4.37. The molecule has 0 saturated heterocycles. The Morgan fingerprint density at radius 3 is 2.43 bits per heavy atom. The normalized spacial score (nSPS) is 12.2. The van der Waals surface area contributed by atoms with Gasteiger partial charge in [-0.25, -0.2) is 13.6 Å². The zero-order valence-corrected chi connectivity index (χ0v) is 12.0. The first-order valence-electron chi connectivity index (χ1n) is 6.05. The summed E-state index contributed by atoms with van der Waals surface area (Å²) < 4.78 is 58.6. The van der Waals surface area contributed by atoms with Crippen molar-refractivity contribution in [2.75, 3.05) is 6.54 Å². The van der Waals surface area contributed by atoms with E-state index in [1.165, 1.54) is 12.1 Å². The predicted octanol–water partition coefficient (Wildman–Crippen LogP) is 1.58. The van der Waals surface area contributed by atoms with Gasteiger partial charge in [-0.1, -0.05) is 13.0 Å². The number of carbonyl (C=O) groups is 1. The molecule has 0 aliphatic carbocycles. The number of primary sulfonamides is 1. The van der Waals surface area contributed by atoms with Gasteiger partial charge in [0.25, 0.3) is 5.91 Å². The molecule has 1 aromatic rings. The molecule has 0 aliphatic rings. The zero-order valence-electron chi connectivity index (χ0n) is 11.2. The summed E-state index contributed by atoms with van der Waals surface area (Å²) in [6.07, 6.45) is -5.11. The number of hydrogen-bond acceptors (Lipinski definition) is 3. The number of benzene rings is 1. The highest BCUT2D eigenvalue weighted by Gasteiger charge is 2.27. The fourth-order valence-corrected chi connectivity index (χ4v) is 2.21. The SMILES string of the molecule is CCc1ccc(S(N)(=O)=O)cc1C(=O)NCCC(F)(F)F. The highest BCUT2D eigenvalue weighted by atomic mass is 32.2. The molecule has 1 aromatic carbocycles. The fraction of sp³-hybridized carbons (Fsp3) is 0.417. The van der Waals surface area contributed by atoms with E-state index in [1.54, 1.807) is 6.92 Å². The van der Waals surface area contributed by atoms with Crippen molar-refractivity contribution < 1.29 is 26.4 Å². The third-order valence-electron chi connectivity index (χ3n) is 2.73. The molecule has 0 heterocycles. The molecule has 5 nitrogen and oxygen atoms in total. The highest BCUT2D eigenvalue weighted by molar-refractivity contribution is 7.89. The van der Waals surface area contributed by atoms with Gasteiger partial charge < -0.3 is 5.32 Å². The molecule has 0 saturated carbocycles. The van der Waals surface area contributed by atoms with Crippen molar-refractivity contribution in [2.24, 2.45) is 5.14 Å². The van der Waals surface area contributed by atoms with E-state index in [4.69, 9.17) is 5.14 Å². The number of hydrogen-bond donors (Lipinski definition) is 2. The highest BCUT2D eigenvalue weighted by Crippen LogP contribution is 2.19. The Morgan fingerprint density at radius 1 is 1.33 bits per heavy atom. The number of rotatable bonds is 5. The molecule has 0 aromatic heterocycles. The van der Waals surface area contributed by atoms with E-state index in [1.807, 2.05) is 0 Å². The van der Waals surface area contributed by atoms with Crippen molar-refractivity contribution in [2.45, 2.75) is 30.8 Å². The van der Waals surface area contributed by atoms with Crippen LogP contribution < -0.4 is 10.5 Å². The first kappa shape index (κ1) is 17.4. The third kappa shape index (κ3) is 5.35. The molecular weight excluding hydrogens is 309 g/mol. The lowest BCUT2D eigenvalue weighted by Gasteiger charge is -2.11. The standard InChI is InChI=1S/C12H15F3N2O3S/c1-2-8-3-4-9(21(16,19)20)7-10(8)11(18)17-6-5-12(13,14)15/h3-4,7H,2,5-6H2,1H3,(H,17,18)(H2,16,19,20). The van der Waals surface area contributed by atoms with E-state index >= 15 is 0 Å². The Bertz CT molecular complexity index is 627. The minimum Gasteiger partial charge on any atom is -0.352 e. The lowest BCUT2D eigenvalue weighted by atomic mass is 10.0. The van der Waals surface area contributed by atoms with Crippen LogP contribution in [0.2, 0.25) is 0 Å². The van der Waals surface area contributed by atoms with Crippen LogP contribution in [0.25, 0.3) is 0 Å². The summed E-state index contributed by atoms with van der Waals surface area (Å²) in [5.74, 6) is -0.762. The average Bonchev–Trinajstić information content (AvgIpc) is 2.35. The molecule has 0 aliphatic heterocycles. The molecule has 21 heavy (non-hydrogen) atoms. The van der Waals surface area contributed by atoms with Crippen molar-refractivity contribution in [3.05, 3.63) is 29.3 Å². The van der Waals surface area contributed by atoms with E-state index in [-0.39, 0.29) is 10.5 Å². The van der Waals surface area contributed by atoms with Crippen LogP contribution in [0.3, 0.4) is 0 Å². The molecule has 0 unspecified atom stereocenters. The molecule has 9 heteroatoms. The van der Waals surface area contributed by atoms with Crippen molar-refractivity contribution in [3.8, 4) is 0 Å². The van der Waals surface area contributed by atoms with Gasteiger partial charge in [0.2, 0.25) is 10.0 Å². The monoisotopic (exact) mass is 324 g/mol. The van der Waals surface area contributed by atoms with E-state index in [2.05, 4.69) is 5.32 Å². The molecular formula is C12H15F3N2O3S. The second-order valence-electron chi connectivity index (χ2n) is 4.34. The first-order chi connectivity index (χ1) is 9.54. The van der Waals surface area contributed by atoms with Crippen LogP contribution in [-0.2, 0) is 16.4 Å². The summed E-state index contributed by atoms with van der Waals surface area (Å²) in [5, 5.41) is 7.08. The minimum absolute atomic E-state index is 0.00574. The van der Waals surface area contributed by atoms with Crippen LogP contribution >= 0.6 is 0 Å². The van der Waals surface area contributed by atoms with Gasteiger partial charge in [0.05, 0.1) is 11.3 Å². The van der Waals surface area contributed by atoms with E-state index in [0.717, 1.165) is 6.07 Å². The number of amides is 1. The number of carbonyl (C=O) groups excluding carboxylic acids is 1. The second-order valence-corrected chi connectivity index (χ2v) is 5.90. The smallest absolute Gasteiger partial charge is 0.352 e. The van der Waals surface area contributed by atoms with E-state index in [0.29, 0.717) is 12.0 Å². The van der Waals surface area contributed by atoms with Crippen LogP contribution in [0, 0.1) is 0 Å². The van der Waals surface area contributed by atoms with Gasteiger partial charge in [0.1, 0.15) is 0 Å². The molecule has 0 atom stereocenters. The number of alkyl halides is 3. The maximum absolute atomic E-state index is 12.0. The maximum Gasteiger partial charge on any atom is 0.390 e. The number of nitrogens with two attached hydrogens (primary N) is 1. The van der Waals surface area contributed by atoms with Crippen LogP contribution in [0.5, 0.6) is 0 Å². The Balaban J connectivity index is 2.96. The molecule has 0 spiro atoms. The molecule has 0 radical (unpaired) electrons. The van der Waals surface area contributed by atoms with E-state index < -0.39 is 35.1 Å². The predicted molar refractivity (Wildman–Crippen MR) is 70.2 cm³/mol. The number of halogens is 3. The topological polar surface area (TPSA) is 89.3 Å². The molecule has 1 amide bonds. The zero-order chi connectivity index (χ0) is 16.3. The molecule has 0 bridgehead atoms. The van der Waals surface area contributed by atoms with Crippen molar-refractivity contribution in [1.29, 1.82) is 0 Å². The van der Waals surface area contributed by atoms with Crippen molar-refractivity contribution >= 4 is 15.9 Å². The number of sulfonamides is 1. The Morgan fingerprint density at radius 2 is 1.95 bits per heavy atom. The summed E-state index contributed by atoms with van der Waals surface area (Å²) in [7, 11) is -3.99. The largest absolute Gasteiger partial charge is 0.390 e. The molecule has 0 fully saturated rings. The van der Waals surface area contributed by atoms with Crippen LogP contribution in [-0.4, -0.2) is 27.0 Å². The van der Waals surface area contributed by atoms with Gasteiger partial charge in [-0.05, 0) is 24.1 Å². The van der Waals surface area contributed by atoms with Gasteiger partial charge in [0.15, 0.2) is 0 Å². The average molecular weight is 324 g/mol. The van der Waals surface area contributed by atoms with Crippen molar-refractivity contribution in [3.63, 3.8) is 0 Å². The van der Waals surface area contributed by atoms with Gasteiger partial charge in [-0.3, -0.25) is 4.79 Å². The Kier molecular flexibility index (Phi) is 5.35. The Labute approximate surface area is 120 Å². The van der Waals surface area contributed by atoms with Crippen LogP contribution in [0.15, 0.2) is 23.1 Å². The van der Waals surface area contributed by atoms with E-state index in [9.17, 15) is 26.4 Å². The second kappa shape index (κ2) is 6.44. The first-order valence-corrected chi connectivity index (χ1v) is 7.60. The summed E-state index contributed by atoms with van der Waals surface area (Å²) in [6.45, 7) is 1.16. The lowest BCUT2D eigenvalue weighted by molar-refractivity contribution is -0.132. The molecule has 118 valence electrons. The van der Waals surface area contributed by atoms with Gasteiger partial charge in [-0.2, -0.15) is 13.2 Å². The summed E-state index contributed by atoms with van der Waals surface area (Å²) in [6, 6.07) is 3.73. The van der Waals surface area contributed by atoms with Crippen LogP contribution in [0.4, 0.5) is 13.2 Å². The van der Waals surface area contributed by atoms with Gasteiger partial charge in [0, 0.05) is 12.1 Å². The number of aryl methyl sites for hydroxylation is 1. The Hall–Kier alpha value is -1.61. The number of nitrogens with one attached hydrogen (secondary N) is 1. The quantitative estimate of drug-likeness (QED) is 0.862. The maximum atomic E-state index is 12.0. The fourth-order valence-electron chi connectivity index (χ4n) is 1.67. The molecule has 3 N–H and O–H groups in total. The lowest BCUT2D eigenvalue weighted by Crippen LogP contribution is -2.29.